The van der Waals surface area contributed by atoms with Crippen molar-refractivity contribution in [3.05, 3.63) is 71.3 Å². The van der Waals surface area contributed by atoms with Crippen molar-refractivity contribution in [2.24, 2.45) is 0 Å². The second kappa shape index (κ2) is 5.84. The molecule has 0 atom stereocenters. The molecule has 0 amide bonds. The summed E-state index contributed by atoms with van der Waals surface area (Å²) in [5, 5.41) is 2.15. The van der Waals surface area contributed by atoms with E-state index in [9.17, 15) is 0 Å². The Kier molecular flexibility index (Phi) is 3.66. The van der Waals surface area contributed by atoms with Gasteiger partial charge in [-0.05, 0) is 61.6 Å². The zero-order valence-electron chi connectivity index (χ0n) is 14.4. The molecule has 2 N–H and O–H groups in total. The van der Waals surface area contributed by atoms with Gasteiger partial charge in [-0.3, -0.25) is 5.01 Å². The van der Waals surface area contributed by atoms with Crippen LogP contribution < -0.4 is 16.0 Å². The van der Waals surface area contributed by atoms with Crippen LogP contribution in [0.15, 0.2) is 54.6 Å². The van der Waals surface area contributed by atoms with Gasteiger partial charge in [-0.1, -0.05) is 48.0 Å². The molecule has 2 aromatic rings. The number of aryl methyl sites for hydroxylation is 1. The number of fused-ring (bicyclic) bond motifs is 1. The van der Waals surface area contributed by atoms with E-state index >= 15 is 0 Å². The highest BCUT2D eigenvalue weighted by molar-refractivity contribution is 5.91. The maximum absolute atomic E-state index is 3.27. The number of hydrazine groups is 2. The van der Waals surface area contributed by atoms with Crippen molar-refractivity contribution in [2.75, 3.05) is 10.4 Å². The zero-order valence-corrected chi connectivity index (χ0v) is 14.4. The molecule has 0 spiro atoms. The fourth-order valence-corrected chi connectivity index (χ4v) is 3.39. The average molecular weight is 317 g/mol. The van der Waals surface area contributed by atoms with Gasteiger partial charge in [-0.25, -0.2) is 0 Å². The predicted molar refractivity (Wildman–Crippen MR) is 103 cm³/mol. The average Bonchev–Trinajstić information content (AvgIpc) is 3.21. The summed E-state index contributed by atoms with van der Waals surface area (Å²) in [4.78, 5) is 0. The zero-order chi connectivity index (χ0) is 16.7. The molecule has 2 aromatic carbocycles. The molecular formula is C21H23N3. The monoisotopic (exact) mass is 317 g/mol. The molecule has 122 valence electrons. The van der Waals surface area contributed by atoms with Gasteiger partial charge < -0.3 is 5.43 Å². The van der Waals surface area contributed by atoms with E-state index in [0.29, 0.717) is 6.04 Å². The summed E-state index contributed by atoms with van der Waals surface area (Å²) in [7, 11) is 0. The highest BCUT2D eigenvalue weighted by atomic mass is 15.7. The first kappa shape index (κ1) is 15.0. The highest BCUT2D eigenvalue weighted by Gasteiger charge is 2.21. The number of hydrogen-bond donors (Lipinski definition) is 2. The van der Waals surface area contributed by atoms with E-state index in [2.05, 4.69) is 91.4 Å². The quantitative estimate of drug-likeness (QED) is 0.841. The van der Waals surface area contributed by atoms with Crippen molar-refractivity contribution in [1.29, 1.82) is 0 Å². The van der Waals surface area contributed by atoms with Crippen molar-refractivity contribution in [3.8, 4) is 0 Å². The number of nitrogens with one attached hydrogen (secondary N) is 2. The molecule has 1 aliphatic heterocycles. The Morgan fingerprint density at radius 1 is 1.04 bits per heavy atom. The molecule has 1 heterocycles. The lowest BCUT2D eigenvalue weighted by Gasteiger charge is -2.22. The van der Waals surface area contributed by atoms with E-state index in [1.807, 2.05) is 0 Å². The van der Waals surface area contributed by atoms with Crippen molar-refractivity contribution in [1.82, 2.24) is 5.53 Å². The SMILES string of the molecule is Cc1cccc(C2=CC(c3ccc4c(c3)NNN4C(C)C)=CC2)c1. The molecule has 0 saturated carbocycles. The number of rotatable bonds is 3. The van der Waals surface area contributed by atoms with E-state index in [-0.39, 0.29) is 0 Å². The molecule has 0 unspecified atom stereocenters. The first-order valence-corrected chi connectivity index (χ1v) is 8.55. The first-order valence-electron chi connectivity index (χ1n) is 8.55. The summed E-state index contributed by atoms with van der Waals surface area (Å²) >= 11 is 0. The lowest BCUT2D eigenvalue weighted by molar-refractivity contribution is 0.633. The van der Waals surface area contributed by atoms with Gasteiger partial charge in [-0.15, -0.1) is 5.53 Å². The molecule has 2 aliphatic rings. The van der Waals surface area contributed by atoms with E-state index in [1.54, 1.807) is 0 Å². The Labute approximate surface area is 143 Å². The van der Waals surface area contributed by atoms with Gasteiger partial charge in [0.25, 0.3) is 0 Å². The van der Waals surface area contributed by atoms with E-state index in [1.165, 1.54) is 33.5 Å². The van der Waals surface area contributed by atoms with Gasteiger partial charge >= 0.3 is 0 Å². The number of anilines is 2. The lowest BCUT2D eigenvalue weighted by Crippen LogP contribution is -2.41. The maximum Gasteiger partial charge on any atom is 0.0786 e. The topological polar surface area (TPSA) is 27.3 Å². The van der Waals surface area contributed by atoms with Crippen molar-refractivity contribution >= 4 is 22.5 Å². The Hall–Kier alpha value is -2.52. The van der Waals surface area contributed by atoms with Crippen LogP contribution >= 0.6 is 0 Å². The molecule has 4 rings (SSSR count). The molecule has 0 aromatic heterocycles. The molecule has 3 heteroatoms. The molecule has 0 fully saturated rings. The second-order valence-corrected chi connectivity index (χ2v) is 6.84. The van der Waals surface area contributed by atoms with Crippen LogP contribution in [0.1, 0.15) is 37.0 Å². The number of hydrogen-bond acceptors (Lipinski definition) is 3. The lowest BCUT2D eigenvalue weighted by atomic mass is 10.0. The minimum Gasteiger partial charge on any atom is -0.302 e. The normalized spacial score (nSPS) is 16.1. The fourth-order valence-electron chi connectivity index (χ4n) is 3.39. The van der Waals surface area contributed by atoms with Crippen LogP contribution in [0.25, 0.3) is 11.1 Å². The molecule has 24 heavy (non-hydrogen) atoms. The molecular weight excluding hydrogens is 294 g/mol. The third kappa shape index (κ3) is 2.61. The Morgan fingerprint density at radius 3 is 2.71 bits per heavy atom. The minimum atomic E-state index is 0.406. The summed E-state index contributed by atoms with van der Waals surface area (Å²) in [6.45, 7) is 6.50. The van der Waals surface area contributed by atoms with Crippen molar-refractivity contribution in [2.45, 2.75) is 33.2 Å². The predicted octanol–water partition coefficient (Wildman–Crippen LogP) is 4.93. The smallest absolute Gasteiger partial charge is 0.0786 e. The Morgan fingerprint density at radius 2 is 1.92 bits per heavy atom. The van der Waals surface area contributed by atoms with E-state index in [0.717, 1.165) is 12.1 Å². The largest absolute Gasteiger partial charge is 0.302 e. The Balaban J connectivity index is 1.62. The maximum atomic E-state index is 3.27. The molecule has 3 nitrogen and oxygen atoms in total. The summed E-state index contributed by atoms with van der Waals surface area (Å²) < 4.78 is 0. The van der Waals surface area contributed by atoms with Gasteiger partial charge in [0.15, 0.2) is 0 Å². The summed E-state index contributed by atoms with van der Waals surface area (Å²) in [5.41, 5.74) is 15.4. The molecule has 1 aliphatic carbocycles. The first-order chi connectivity index (χ1) is 11.6. The van der Waals surface area contributed by atoms with Gasteiger partial charge in [0, 0.05) is 6.04 Å². The van der Waals surface area contributed by atoms with Crippen LogP contribution in [0, 0.1) is 6.92 Å². The third-order valence-electron chi connectivity index (χ3n) is 4.68. The van der Waals surface area contributed by atoms with Crippen molar-refractivity contribution in [3.63, 3.8) is 0 Å². The third-order valence-corrected chi connectivity index (χ3v) is 4.68. The Bertz CT molecular complexity index is 846. The number of benzene rings is 2. The van der Waals surface area contributed by atoms with Gasteiger partial charge in [0.1, 0.15) is 0 Å². The van der Waals surface area contributed by atoms with Crippen LogP contribution in [0.5, 0.6) is 0 Å². The van der Waals surface area contributed by atoms with Gasteiger partial charge in [0.05, 0.1) is 11.4 Å². The highest BCUT2D eigenvalue weighted by Crippen LogP contribution is 2.37. The second-order valence-electron chi connectivity index (χ2n) is 6.84. The summed E-state index contributed by atoms with van der Waals surface area (Å²) in [5.74, 6) is 0. The summed E-state index contributed by atoms with van der Waals surface area (Å²) in [6, 6.07) is 15.8. The number of nitrogens with zero attached hydrogens (tertiary/aromatic N) is 1. The van der Waals surface area contributed by atoms with E-state index in [4.69, 9.17) is 0 Å². The molecule has 0 radical (unpaired) electrons. The molecule has 0 bridgehead atoms. The van der Waals surface area contributed by atoms with Crippen LogP contribution in [-0.2, 0) is 0 Å². The van der Waals surface area contributed by atoms with Gasteiger partial charge in [-0.2, -0.15) is 0 Å². The standard InChI is InChI=1S/C21H23N3/c1-14(2)24-21-10-9-19(13-20(21)22-23-24)18-8-7-17(12-18)16-6-4-5-15(3)11-16/h4-6,8-14,22-23H,7H2,1-3H3. The molecule has 0 saturated heterocycles. The van der Waals surface area contributed by atoms with E-state index < -0.39 is 0 Å². The van der Waals surface area contributed by atoms with Crippen LogP contribution in [0.4, 0.5) is 11.4 Å². The van der Waals surface area contributed by atoms with Crippen LogP contribution in [0.3, 0.4) is 0 Å². The minimum absolute atomic E-state index is 0.406. The van der Waals surface area contributed by atoms with Gasteiger partial charge in [0.2, 0.25) is 0 Å². The summed E-state index contributed by atoms with van der Waals surface area (Å²) in [6.07, 6.45) is 5.64. The number of allylic oxidation sites excluding steroid dienone is 4. The fraction of sp³-hybridized carbons (Fsp3) is 0.238. The van der Waals surface area contributed by atoms with Crippen LogP contribution in [-0.4, -0.2) is 6.04 Å². The van der Waals surface area contributed by atoms with Crippen LogP contribution in [0.2, 0.25) is 0 Å². The van der Waals surface area contributed by atoms with Crippen molar-refractivity contribution < 1.29 is 0 Å².